The maximum Gasteiger partial charge on any atom is 0.294 e. The van der Waals surface area contributed by atoms with Crippen molar-refractivity contribution in [2.45, 2.75) is 13.5 Å². The number of nitrogens with one attached hydrogen (secondary N) is 1. The molecule has 6 nitrogen and oxygen atoms in total. The number of likely N-dealkylation sites (N-methyl/N-ethyl adjacent to an activating group) is 1. The van der Waals surface area contributed by atoms with Crippen LogP contribution in [0.25, 0.3) is 0 Å². The molecule has 0 bridgehead atoms. The molecule has 0 unspecified atom stereocenters. The van der Waals surface area contributed by atoms with E-state index >= 15 is 0 Å². The summed E-state index contributed by atoms with van der Waals surface area (Å²) in [6, 6.07) is 6.19. The molecule has 23 heavy (non-hydrogen) atoms. The lowest BCUT2D eigenvalue weighted by molar-refractivity contribution is -0.383. The summed E-state index contributed by atoms with van der Waals surface area (Å²) in [6.45, 7) is 2.81. The summed E-state index contributed by atoms with van der Waals surface area (Å²) in [5.74, 6) is -0.313. The Kier molecular flexibility index (Phi) is 5.70. The van der Waals surface area contributed by atoms with Gasteiger partial charge in [0.25, 0.3) is 5.69 Å². The summed E-state index contributed by atoms with van der Waals surface area (Å²) in [5, 5.41) is 15.8. The van der Waals surface area contributed by atoms with E-state index in [2.05, 4.69) is 5.32 Å². The standard InChI is InChI=1S/C15H16ClN3O3S/c1-10-5-6-23-14(10)8-18(2)9-15(20)17-12-4-3-11(16)7-13(12)19(21)22/h3-7H,8-9H2,1-2H3,(H,17,20). The summed E-state index contributed by atoms with van der Waals surface area (Å²) < 4.78 is 0. The average molecular weight is 354 g/mol. The van der Waals surface area contributed by atoms with E-state index in [4.69, 9.17) is 11.6 Å². The largest absolute Gasteiger partial charge is 0.319 e. The second-order valence-corrected chi connectivity index (χ2v) is 6.60. The Bertz CT molecular complexity index is 733. The Morgan fingerprint density at radius 2 is 2.17 bits per heavy atom. The Balaban J connectivity index is 2.00. The van der Waals surface area contributed by atoms with Crippen LogP contribution in [0.1, 0.15) is 10.4 Å². The van der Waals surface area contributed by atoms with Crippen LogP contribution in [0.5, 0.6) is 0 Å². The minimum absolute atomic E-state index is 0.136. The number of anilines is 1. The molecule has 0 radical (unpaired) electrons. The normalized spacial score (nSPS) is 10.8. The van der Waals surface area contributed by atoms with E-state index in [0.717, 1.165) is 0 Å². The van der Waals surface area contributed by atoms with Crippen LogP contribution in [-0.4, -0.2) is 29.3 Å². The molecule has 2 rings (SSSR count). The third-order valence-electron chi connectivity index (χ3n) is 3.23. The first-order valence-corrected chi connectivity index (χ1v) is 8.08. The molecular formula is C15H16ClN3O3S. The molecule has 0 aliphatic rings. The smallest absolute Gasteiger partial charge is 0.294 e. The Labute approximate surface area is 142 Å². The highest BCUT2D eigenvalue weighted by Crippen LogP contribution is 2.27. The molecule has 0 fully saturated rings. The van der Waals surface area contributed by atoms with E-state index in [-0.39, 0.29) is 28.8 Å². The van der Waals surface area contributed by atoms with Crippen molar-refractivity contribution in [3.05, 3.63) is 55.2 Å². The molecule has 2 aromatic rings. The van der Waals surface area contributed by atoms with Crippen LogP contribution in [0.4, 0.5) is 11.4 Å². The molecule has 1 amide bonds. The molecule has 1 N–H and O–H groups in total. The molecule has 0 spiro atoms. The Morgan fingerprint density at radius 1 is 1.43 bits per heavy atom. The Morgan fingerprint density at radius 3 is 2.78 bits per heavy atom. The van der Waals surface area contributed by atoms with Gasteiger partial charge in [-0.05, 0) is 43.1 Å². The van der Waals surface area contributed by atoms with E-state index in [1.807, 2.05) is 30.3 Å². The van der Waals surface area contributed by atoms with Gasteiger partial charge in [-0.2, -0.15) is 0 Å². The molecule has 0 aliphatic heterocycles. The van der Waals surface area contributed by atoms with Gasteiger partial charge in [-0.1, -0.05) is 11.6 Å². The summed E-state index contributed by atoms with van der Waals surface area (Å²) in [4.78, 5) is 25.6. The molecular weight excluding hydrogens is 338 g/mol. The molecule has 0 saturated heterocycles. The lowest BCUT2D eigenvalue weighted by Gasteiger charge is -2.16. The minimum Gasteiger partial charge on any atom is -0.319 e. The van der Waals surface area contributed by atoms with Crippen molar-refractivity contribution in [3.8, 4) is 0 Å². The van der Waals surface area contributed by atoms with Crippen LogP contribution in [0.15, 0.2) is 29.6 Å². The second kappa shape index (κ2) is 7.54. The second-order valence-electron chi connectivity index (χ2n) is 5.17. The van der Waals surface area contributed by atoms with Gasteiger partial charge in [0.2, 0.25) is 5.91 Å². The number of carbonyl (C=O) groups excluding carboxylic acids is 1. The van der Waals surface area contributed by atoms with Crippen LogP contribution >= 0.6 is 22.9 Å². The first-order chi connectivity index (χ1) is 10.9. The molecule has 0 aliphatic carbocycles. The zero-order chi connectivity index (χ0) is 17.0. The first kappa shape index (κ1) is 17.4. The van der Waals surface area contributed by atoms with E-state index in [9.17, 15) is 14.9 Å². The van der Waals surface area contributed by atoms with Crippen molar-refractivity contribution < 1.29 is 9.72 Å². The van der Waals surface area contributed by atoms with Gasteiger partial charge in [-0.25, -0.2) is 0 Å². The van der Waals surface area contributed by atoms with Crippen molar-refractivity contribution in [2.24, 2.45) is 0 Å². The molecule has 1 aromatic heterocycles. The van der Waals surface area contributed by atoms with Crippen LogP contribution in [-0.2, 0) is 11.3 Å². The number of aryl methyl sites for hydroxylation is 1. The number of rotatable bonds is 6. The first-order valence-electron chi connectivity index (χ1n) is 6.82. The molecule has 0 saturated carbocycles. The third kappa shape index (κ3) is 4.75. The van der Waals surface area contributed by atoms with Gasteiger partial charge in [0.1, 0.15) is 5.69 Å². The van der Waals surface area contributed by atoms with Crippen molar-refractivity contribution in [2.75, 3.05) is 18.9 Å². The number of amides is 1. The van der Waals surface area contributed by atoms with Crippen LogP contribution < -0.4 is 5.32 Å². The molecule has 0 atom stereocenters. The van der Waals surface area contributed by atoms with E-state index < -0.39 is 4.92 Å². The number of nitro benzene ring substituents is 1. The lowest BCUT2D eigenvalue weighted by atomic mass is 10.2. The van der Waals surface area contributed by atoms with Gasteiger partial charge in [-0.3, -0.25) is 19.8 Å². The number of halogens is 1. The zero-order valence-corrected chi connectivity index (χ0v) is 14.3. The quantitative estimate of drug-likeness (QED) is 0.634. The van der Waals surface area contributed by atoms with Crippen molar-refractivity contribution in [1.82, 2.24) is 4.90 Å². The van der Waals surface area contributed by atoms with Gasteiger partial charge >= 0.3 is 0 Å². The maximum atomic E-state index is 12.1. The van der Waals surface area contributed by atoms with E-state index in [1.165, 1.54) is 28.6 Å². The predicted octanol–water partition coefficient (Wildman–Crippen LogP) is 3.69. The third-order valence-corrected chi connectivity index (χ3v) is 4.47. The molecule has 8 heteroatoms. The number of nitrogens with zero attached hydrogens (tertiary/aromatic N) is 2. The predicted molar refractivity (Wildman–Crippen MR) is 92.1 cm³/mol. The van der Waals surface area contributed by atoms with Crippen LogP contribution in [0.2, 0.25) is 5.02 Å². The van der Waals surface area contributed by atoms with Gasteiger partial charge in [-0.15, -0.1) is 11.3 Å². The zero-order valence-electron chi connectivity index (χ0n) is 12.7. The van der Waals surface area contributed by atoms with Crippen LogP contribution in [0.3, 0.4) is 0 Å². The van der Waals surface area contributed by atoms with Gasteiger partial charge < -0.3 is 5.32 Å². The fourth-order valence-corrected chi connectivity index (χ4v) is 3.22. The van der Waals surface area contributed by atoms with Gasteiger partial charge in [0, 0.05) is 22.5 Å². The molecule has 1 aromatic carbocycles. The van der Waals surface area contributed by atoms with Crippen molar-refractivity contribution in [1.29, 1.82) is 0 Å². The number of carbonyl (C=O) groups is 1. The van der Waals surface area contributed by atoms with Crippen molar-refractivity contribution >= 4 is 40.2 Å². The lowest BCUT2D eigenvalue weighted by Crippen LogP contribution is -2.30. The Hall–Kier alpha value is -1.96. The summed E-state index contributed by atoms with van der Waals surface area (Å²) in [6.07, 6.45) is 0. The monoisotopic (exact) mass is 353 g/mol. The fourth-order valence-electron chi connectivity index (χ4n) is 2.06. The van der Waals surface area contributed by atoms with E-state index in [1.54, 1.807) is 11.3 Å². The molecule has 122 valence electrons. The number of hydrogen-bond acceptors (Lipinski definition) is 5. The number of thiophene rings is 1. The number of hydrogen-bond donors (Lipinski definition) is 1. The average Bonchev–Trinajstić information content (AvgIpc) is 2.85. The topological polar surface area (TPSA) is 75.5 Å². The van der Waals surface area contributed by atoms with E-state index in [0.29, 0.717) is 6.54 Å². The number of benzene rings is 1. The van der Waals surface area contributed by atoms with Crippen molar-refractivity contribution in [3.63, 3.8) is 0 Å². The highest BCUT2D eigenvalue weighted by molar-refractivity contribution is 7.10. The highest BCUT2D eigenvalue weighted by Gasteiger charge is 2.17. The van der Waals surface area contributed by atoms with Gasteiger partial charge in [0.15, 0.2) is 0 Å². The highest BCUT2D eigenvalue weighted by atomic mass is 35.5. The summed E-state index contributed by atoms with van der Waals surface area (Å²) in [7, 11) is 1.83. The van der Waals surface area contributed by atoms with Gasteiger partial charge in [0.05, 0.1) is 11.5 Å². The summed E-state index contributed by atoms with van der Waals surface area (Å²) >= 11 is 7.39. The minimum atomic E-state index is -0.569. The molecule has 1 heterocycles. The maximum absolute atomic E-state index is 12.1. The van der Waals surface area contributed by atoms with Crippen LogP contribution in [0, 0.1) is 17.0 Å². The number of nitro groups is 1. The SMILES string of the molecule is Cc1ccsc1CN(C)CC(=O)Nc1ccc(Cl)cc1[N+](=O)[O-]. The summed E-state index contributed by atoms with van der Waals surface area (Å²) in [5.41, 5.74) is 1.11. The fraction of sp³-hybridized carbons (Fsp3) is 0.267.